The van der Waals surface area contributed by atoms with Crippen LogP contribution < -0.4 is 24.4 Å². The molecular weight excluding hydrogens is 540 g/mol. The van der Waals surface area contributed by atoms with E-state index >= 15 is 0 Å². The summed E-state index contributed by atoms with van der Waals surface area (Å²) < 4.78 is 18.5. The quantitative estimate of drug-likeness (QED) is 0.226. The average Bonchev–Trinajstić information content (AvgIpc) is 3.27. The van der Waals surface area contributed by atoms with Crippen molar-refractivity contribution in [1.29, 1.82) is 0 Å². The molecule has 3 aromatic carbocycles. The van der Waals surface area contributed by atoms with Gasteiger partial charge in [-0.3, -0.25) is 14.2 Å². The molecule has 0 fully saturated rings. The van der Waals surface area contributed by atoms with E-state index in [4.69, 9.17) is 19.2 Å². The van der Waals surface area contributed by atoms with Crippen molar-refractivity contribution in [2.75, 3.05) is 13.7 Å². The number of esters is 2. The Morgan fingerprint density at radius 1 is 1.05 bits per heavy atom. The predicted molar refractivity (Wildman–Crippen MR) is 158 cm³/mol. The number of carbonyl (C=O) groups excluding carboxylic acids is 2. The molecule has 0 spiro atoms. The number of allylic oxidation sites excluding steroid dienone is 1. The summed E-state index contributed by atoms with van der Waals surface area (Å²) in [5, 5.41) is 1.82. The third-order valence-corrected chi connectivity index (χ3v) is 7.74. The van der Waals surface area contributed by atoms with Gasteiger partial charge in [0, 0.05) is 12.5 Å². The van der Waals surface area contributed by atoms with Gasteiger partial charge in [0.15, 0.2) is 4.80 Å². The number of nitrogens with zero attached hydrogens (tertiary/aromatic N) is 2. The summed E-state index contributed by atoms with van der Waals surface area (Å²) in [6.45, 7) is 5.31. The smallest absolute Gasteiger partial charge is 0.338 e. The standard InChI is InChI=1S/C32H30N2O6S/c1-5-9-24-28(31(37)39-6-2)29(27-23-11-8-7-10-21(23)14-17-25(27)38-4)34-30(36)26(41-32(34)33-24)18-20-12-15-22(16-13-20)40-19(3)35/h7-8,10-18,29H,5-6,9H2,1-4H3/b26-18+/t29-/m1/s1. The molecule has 1 aliphatic heterocycles. The molecule has 0 saturated carbocycles. The van der Waals surface area contributed by atoms with Crippen LogP contribution in [0.1, 0.15) is 50.8 Å². The van der Waals surface area contributed by atoms with Gasteiger partial charge in [-0.1, -0.05) is 67.1 Å². The van der Waals surface area contributed by atoms with E-state index in [1.165, 1.54) is 18.3 Å². The normalized spacial score (nSPS) is 14.9. The molecule has 5 rings (SSSR count). The molecule has 8 nitrogen and oxygen atoms in total. The Morgan fingerprint density at radius 2 is 1.80 bits per heavy atom. The van der Waals surface area contributed by atoms with Crippen LogP contribution in [0.4, 0.5) is 0 Å². The van der Waals surface area contributed by atoms with Crippen LogP contribution in [0.15, 0.2) is 81.7 Å². The van der Waals surface area contributed by atoms with Gasteiger partial charge in [0.25, 0.3) is 5.56 Å². The van der Waals surface area contributed by atoms with Gasteiger partial charge >= 0.3 is 11.9 Å². The highest BCUT2D eigenvalue weighted by atomic mass is 32.1. The van der Waals surface area contributed by atoms with E-state index in [0.717, 1.165) is 22.8 Å². The first-order valence-corrected chi connectivity index (χ1v) is 14.2. The molecule has 41 heavy (non-hydrogen) atoms. The number of aromatic nitrogens is 1. The Balaban J connectivity index is 1.80. The van der Waals surface area contributed by atoms with Crippen LogP contribution in [0.5, 0.6) is 11.5 Å². The van der Waals surface area contributed by atoms with E-state index in [1.54, 1.807) is 48.9 Å². The molecule has 9 heteroatoms. The van der Waals surface area contributed by atoms with Gasteiger partial charge in [-0.2, -0.15) is 0 Å². The van der Waals surface area contributed by atoms with Crippen molar-refractivity contribution in [3.63, 3.8) is 0 Å². The molecule has 0 amide bonds. The molecule has 0 aliphatic carbocycles. The van der Waals surface area contributed by atoms with Gasteiger partial charge in [0.1, 0.15) is 17.5 Å². The number of ether oxygens (including phenoxy) is 3. The molecule has 210 valence electrons. The lowest BCUT2D eigenvalue weighted by molar-refractivity contribution is -0.139. The number of fused-ring (bicyclic) bond motifs is 2. The Bertz CT molecular complexity index is 1850. The lowest BCUT2D eigenvalue weighted by Gasteiger charge is -2.28. The molecule has 0 saturated heterocycles. The number of methoxy groups -OCH3 is 1. The monoisotopic (exact) mass is 570 g/mol. The maximum absolute atomic E-state index is 14.1. The van der Waals surface area contributed by atoms with Crippen molar-refractivity contribution in [2.24, 2.45) is 4.99 Å². The zero-order valence-corrected chi connectivity index (χ0v) is 24.1. The Hall–Kier alpha value is -4.50. The lowest BCUT2D eigenvalue weighted by Crippen LogP contribution is -2.40. The third-order valence-electron chi connectivity index (χ3n) is 6.76. The van der Waals surface area contributed by atoms with Crippen molar-refractivity contribution in [3.8, 4) is 11.5 Å². The summed E-state index contributed by atoms with van der Waals surface area (Å²) >= 11 is 1.26. The largest absolute Gasteiger partial charge is 0.496 e. The van der Waals surface area contributed by atoms with Gasteiger partial charge in [0.2, 0.25) is 0 Å². The fourth-order valence-corrected chi connectivity index (χ4v) is 6.10. The van der Waals surface area contributed by atoms with Crippen molar-refractivity contribution >= 4 is 40.1 Å². The Morgan fingerprint density at radius 3 is 2.49 bits per heavy atom. The first-order valence-electron chi connectivity index (χ1n) is 13.4. The molecule has 1 aliphatic rings. The fraction of sp³-hybridized carbons (Fsp3) is 0.250. The zero-order valence-electron chi connectivity index (χ0n) is 23.3. The number of hydrogen-bond acceptors (Lipinski definition) is 8. The van der Waals surface area contributed by atoms with Crippen LogP contribution in [-0.2, 0) is 14.3 Å². The van der Waals surface area contributed by atoms with Crippen molar-refractivity contribution in [2.45, 2.75) is 39.7 Å². The van der Waals surface area contributed by atoms with Crippen LogP contribution in [0.2, 0.25) is 0 Å². The van der Waals surface area contributed by atoms with Crippen LogP contribution in [0.3, 0.4) is 0 Å². The molecule has 2 heterocycles. The number of hydrogen-bond donors (Lipinski definition) is 0. The van der Waals surface area contributed by atoms with Crippen molar-refractivity contribution in [3.05, 3.63) is 103 Å². The molecular formula is C32H30N2O6S. The Labute approximate surface area is 240 Å². The SMILES string of the molecule is CCCC1=C(C(=O)OCC)[C@@H](c2c(OC)ccc3ccccc23)n2c(s/c(=C/c3ccc(OC(C)=O)cc3)c2=O)=N1. The van der Waals surface area contributed by atoms with Crippen LogP contribution in [-0.4, -0.2) is 30.2 Å². The topological polar surface area (TPSA) is 96.2 Å². The second kappa shape index (κ2) is 11.9. The number of rotatable bonds is 8. The predicted octanol–water partition coefficient (Wildman–Crippen LogP) is 4.67. The molecule has 0 unspecified atom stereocenters. The molecule has 1 aromatic heterocycles. The summed E-state index contributed by atoms with van der Waals surface area (Å²) in [6.07, 6.45) is 3.07. The van der Waals surface area contributed by atoms with E-state index in [1.807, 2.05) is 43.3 Å². The van der Waals surface area contributed by atoms with Gasteiger partial charge < -0.3 is 14.2 Å². The van der Waals surface area contributed by atoms with E-state index in [2.05, 4.69) is 0 Å². The minimum Gasteiger partial charge on any atom is -0.496 e. The van der Waals surface area contributed by atoms with Gasteiger partial charge in [-0.25, -0.2) is 9.79 Å². The average molecular weight is 571 g/mol. The number of benzene rings is 3. The summed E-state index contributed by atoms with van der Waals surface area (Å²) in [5.74, 6) is 0.0663. The van der Waals surface area contributed by atoms with E-state index in [9.17, 15) is 14.4 Å². The van der Waals surface area contributed by atoms with Crippen LogP contribution in [0, 0.1) is 0 Å². The first kappa shape index (κ1) is 28.0. The molecule has 0 bridgehead atoms. The molecule has 0 radical (unpaired) electrons. The zero-order chi connectivity index (χ0) is 29.1. The highest BCUT2D eigenvalue weighted by Gasteiger charge is 2.37. The number of thiazole rings is 1. The maximum atomic E-state index is 14.1. The number of carbonyl (C=O) groups is 2. The Kier molecular flexibility index (Phi) is 8.16. The van der Waals surface area contributed by atoms with Gasteiger partial charge in [-0.05, 0) is 54.0 Å². The van der Waals surface area contributed by atoms with Crippen molar-refractivity contribution < 1.29 is 23.8 Å². The second-order valence-electron chi connectivity index (χ2n) is 9.48. The van der Waals surface area contributed by atoms with Crippen LogP contribution in [0.25, 0.3) is 16.8 Å². The first-order chi connectivity index (χ1) is 19.9. The lowest BCUT2D eigenvalue weighted by atomic mass is 9.90. The van der Waals surface area contributed by atoms with E-state index < -0.39 is 18.0 Å². The highest BCUT2D eigenvalue weighted by molar-refractivity contribution is 7.07. The van der Waals surface area contributed by atoms with E-state index in [-0.39, 0.29) is 12.2 Å². The summed E-state index contributed by atoms with van der Waals surface area (Å²) in [7, 11) is 1.58. The maximum Gasteiger partial charge on any atom is 0.338 e. The van der Waals surface area contributed by atoms with E-state index in [0.29, 0.717) is 44.1 Å². The fourth-order valence-electron chi connectivity index (χ4n) is 5.08. The van der Waals surface area contributed by atoms with Gasteiger partial charge in [0.05, 0.1) is 29.5 Å². The third kappa shape index (κ3) is 5.45. The molecule has 4 aromatic rings. The summed E-state index contributed by atoms with van der Waals surface area (Å²) in [6, 6.07) is 17.7. The molecule has 1 atom stereocenters. The highest BCUT2D eigenvalue weighted by Crippen LogP contribution is 2.41. The van der Waals surface area contributed by atoms with Crippen LogP contribution >= 0.6 is 11.3 Å². The molecule has 0 N–H and O–H groups in total. The van der Waals surface area contributed by atoms with Crippen molar-refractivity contribution in [1.82, 2.24) is 4.57 Å². The second-order valence-corrected chi connectivity index (χ2v) is 10.5. The van der Waals surface area contributed by atoms with Gasteiger partial charge in [-0.15, -0.1) is 0 Å². The summed E-state index contributed by atoms with van der Waals surface area (Å²) in [4.78, 5) is 44.3. The summed E-state index contributed by atoms with van der Waals surface area (Å²) in [5.41, 5.74) is 2.12. The minimum absolute atomic E-state index is 0.189. The minimum atomic E-state index is -0.804.